The first-order valence-corrected chi connectivity index (χ1v) is 9.80. The average molecular weight is 371 g/mol. The van der Waals surface area contributed by atoms with Gasteiger partial charge in [0.25, 0.3) is 0 Å². The van der Waals surface area contributed by atoms with Crippen molar-refractivity contribution in [2.24, 2.45) is 0 Å². The van der Waals surface area contributed by atoms with Crippen LogP contribution in [0.15, 0.2) is 53.4 Å². The Bertz CT molecular complexity index is 1070. The van der Waals surface area contributed by atoms with E-state index in [9.17, 15) is 13.2 Å². The standard InChI is InChI=1S/C19H21N3O3S/c1-4-22-18-11-6-5-10-17(18)20-19(22)13-21(3)26(24,25)16-9-7-8-15(12-16)14(2)23/h5-12H,4,13H2,1-3H3. The maximum atomic E-state index is 12.9. The Labute approximate surface area is 153 Å². The fourth-order valence-corrected chi connectivity index (χ4v) is 4.11. The topological polar surface area (TPSA) is 72.3 Å². The Morgan fingerprint density at radius 1 is 1.15 bits per heavy atom. The summed E-state index contributed by atoms with van der Waals surface area (Å²) in [6.07, 6.45) is 0. The van der Waals surface area contributed by atoms with E-state index in [2.05, 4.69) is 4.98 Å². The Kier molecular flexibility index (Phi) is 4.93. The zero-order valence-corrected chi connectivity index (χ0v) is 15.8. The molecule has 1 aromatic heterocycles. The van der Waals surface area contributed by atoms with Crippen LogP contribution >= 0.6 is 0 Å². The molecule has 0 N–H and O–H groups in total. The second kappa shape index (κ2) is 7.01. The van der Waals surface area contributed by atoms with Crippen LogP contribution in [0.3, 0.4) is 0 Å². The van der Waals surface area contributed by atoms with Gasteiger partial charge >= 0.3 is 0 Å². The lowest BCUT2D eigenvalue weighted by molar-refractivity contribution is 0.101. The highest BCUT2D eigenvalue weighted by Gasteiger charge is 2.23. The van der Waals surface area contributed by atoms with Crippen molar-refractivity contribution in [1.82, 2.24) is 13.9 Å². The van der Waals surface area contributed by atoms with E-state index in [1.807, 2.05) is 35.8 Å². The average Bonchev–Trinajstić information content (AvgIpc) is 2.98. The minimum absolute atomic E-state index is 0.104. The van der Waals surface area contributed by atoms with Gasteiger partial charge in [-0.1, -0.05) is 24.3 Å². The highest BCUT2D eigenvalue weighted by atomic mass is 32.2. The van der Waals surface area contributed by atoms with Crippen molar-refractivity contribution in [3.8, 4) is 0 Å². The van der Waals surface area contributed by atoms with Gasteiger partial charge in [0.05, 0.1) is 22.5 Å². The van der Waals surface area contributed by atoms with E-state index >= 15 is 0 Å². The number of Topliss-reactive ketones (excluding diaryl/α,β-unsaturated/α-hetero) is 1. The molecule has 0 atom stereocenters. The van der Waals surface area contributed by atoms with E-state index in [-0.39, 0.29) is 17.2 Å². The zero-order valence-electron chi connectivity index (χ0n) is 15.0. The summed E-state index contributed by atoms with van der Waals surface area (Å²) in [7, 11) is -2.20. The number of hydrogen-bond acceptors (Lipinski definition) is 4. The summed E-state index contributed by atoms with van der Waals surface area (Å²) in [6.45, 7) is 4.26. The molecule has 0 saturated heterocycles. The number of benzene rings is 2. The number of carbonyl (C=O) groups excluding carboxylic acids is 1. The third-order valence-corrected chi connectivity index (χ3v) is 6.16. The van der Waals surface area contributed by atoms with Gasteiger partial charge in [-0.25, -0.2) is 13.4 Å². The highest BCUT2D eigenvalue weighted by Crippen LogP contribution is 2.21. The first-order chi connectivity index (χ1) is 12.3. The smallest absolute Gasteiger partial charge is 0.243 e. The molecule has 0 spiro atoms. The van der Waals surface area contributed by atoms with Crippen molar-refractivity contribution >= 4 is 26.8 Å². The van der Waals surface area contributed by atoms with Crippen molar-refractivity contribution in [1.29, 1.82) is 0 Å². The van der Waals surface area contributed by atoms with Crippen molar-refractivity contribution in [2.45, 2.75) is 31.8 Å². The molecule has 136 valence electrons. The van der Waals surface area contributed by atoms with Gasteiger partial charge in [-0.15, -0.1) is 0 Å². The van der Waals surface area contributed by atoms with Gasteiger partial charge in [0.2, 0.25) is 10.0 Å². The molecular formula is C19H21N3O3S. The number of rotatable bonds is 6. The van der Waals surface area contributed by atoms with E-state index in [1.165, 1.54) is 30.4 Å². The number of carbonyl (C=O) groups is 1. The van der Waals surface area contributed by atoms with Crippen molar-refractivity contribution < 1.29 is 13.2 Å². The van der Waals surface area contributed by atoms with Gasteiger partial charge in [0.1, 0.15) is 5.82 Å². The number of aryl methyl sites for hydroxylation is 1. The lowest BCUT2D eigenvalue weighted by Crippen LogP contribution is -2.28. The van der Waals surface area contributed by atoms with Crippen LogP contribution in [0.2, 0.25) is 0 Å². The van der Waals surface area contributed by atoms with Crippen LogP contribution in [0.5, 0.6) is 0 Å². The third-order valence-electron chi connectivity index (χ3n) is 4.36. The summed E-state index contributed by atoms with van der Waals surface area (Å²) in [4.78, 5) is 16.2. The summed E-state index contributed by atoms with van der Waals surface area (Å²) in [5.41, 5.74) is 2.20. The van der Waals surface area contributed by atoms with Crippen LogP contribution in [0.4, 0.5) is 0 Å². The number of ketones is 1. The molecular weight excluding hydrogens is 350 g/mol. The van der Waals surface area contributed by atoms with Gasteiger partial charge in [0.15, 0.2) is 5.78 Å². The molecule has 3 aromatic rings. The molecule has 0 aliphatic carbocycles. The SMILES string of the molecule is CCn1c(CN(C)S(=O)(=O)c2cccc(C(C)=O)c2)nc2ccccc21. The number of para-hydroxylation sites is 2. The summed E-state index contributed by atoms with van der Waals surface area (Å²) in [6, 6.07) is 13.8. The van der Waals surface area contributed by atoms with Gasteiger partial charge in [-0.3, -0.25) is 4.79 Å². The molecule has 0 unspecified atom stereocenters. The molecule has 3 rings (SSSR count). The molecule has 2 aromatic carbocycles. The third kappa shape index (κ3) is 3.27. The number of hydrogen-bond donors (Lipinski definition) is 0. The van der Waals surface area contributed by atoms with E-state index in [0.29, 0.717) is 17.9 Å². The number of sulfonamides is 1. The van der Waals surface area contributed by atoms with Crippen LogP contribution in [-0.2, 0) is 23.1 Å². The van der Waals surface area contributed by atoms with E-state index in [1.54, 1.807) is 12.1 Å². The second-order valence-electron chi connectivity index (χ2n) is 6.11. The number of fused-ring (bicyclic) bond motifs is 1. The van der Waals surface area contributed by atoms with Gasteiger partial charge < -0.3 is 4.57 Å². The zero-order chi connectivity index (χ0) is 18.9. The van der Waals surface area contributed by atoms with E-state index in [0.717, 1.165) is 11.0 Å². The lowest BCUT2D eigenvalue weighted by atomic mass is 10.2. The lowest BCUT2D eigenvalue weighted by Gasteiger charge is -2.18. The Balaban J connectivity index is 1.96. The minimum atomic E-state index is -3.73. The molecule has 0 fully saturated rings. The van der Waals surface area contributed by atoms with Gasteiger partial charge in [-0.2, -0.15) is 4.31 Å². The molecule has 26 heavy (non-hydrogen) atoms. The Morgan fingerprint density at radius 3 is 2.58 bits per heavy atom. The Morgan fingerprint density at radius 2 is 1.88 bits per heavy atom. The number of imidazole rings is 1. The fraction of sp³-hybridized carbons (Fsp3) is 0.263. The summed E-state index contributed by atoms with van der Waals surface area (Å²) >= 11 is 0. The summed E-state index contributed by atoms with van der Waals surface area (Å²) < 4.78 is 29.1. The van der Waals surface area contributed by atoms with Crippen molar-refractivity contribution in [3.05, 3.63) is 59.9 Å². The quantitative estimate of drug-likeness (QED) is 0.624. The summed E-state index contributed by atoms with van der Waals surface area (Å²) in [5, 5.41) is 0. The molecule has 7 heteroatoms. The first kappa shape index (κ1) is 18.3. The maximum Gasteiger partial charge on any atom is 0.243 e. The summed E-state index contributed by atoms with van der Waals surface area (Å²) in [5.74, 6) is 0.514. The molecule has 6 nitrogen and oxygen atoms in total. The van der Waals surface area contributed by atoms with E-state index < -0.39 is 10.0 Å². The van der Waals surface area contributed by atoms with Crippen LogP contribution in [0.1, 0.15) is 30.0 Å². The molecule has 0 aliphatic heterocycles. The van der Waals surface area contributed by atoms with Crippen LogP contribution in [-0.4, -0.2) is 35.1 Å². The predicted molar refractivity (Wildman–Crippen MR) is 101 cm³/mol. The Hall–Kier alpha value is -2.51. The van der Waals surface area contributed by atoms with Gasteiger partial charge in [0, 0.05) is 19.2 Å². The van der Waals surface area contributed by atoms with Crippen molar-refractivity contribution in [2.75, 3.05) is 7.05 Å². The number of nitrogens with zero attached hydrogens (tertiary/aromatic N) is 3. The minimum Gasteiger partial charge on any atom is -0.327 e. The molecule has 0 bridgehead atoms. The highest BCUT2D eigenvalue weighted by molar-refractivity contribution is 7.89. The van der Waals surface area contributed by atoms with Crippen LogP contribution in [0.25, 0.3) is 11.0 Å². The fourth-order valence-electron chi connectivity index (χ4n) is 2.94. The van der Waals surface area contributed by atoms with E-state index in [4.69, 9.17) is 0 Å². The van der Waals surface area contributed by atoms with Gasteiger partial charge in [-0.05, 0) is 38.1 Å². The normalized spacial score (nSPS) is 12.0. The van der Waals surface area contributed by atoms with Crippen LogP contribution in [0, 0.1) is 0 Å². The molecule has 0 saturated carbocycles. The predicted octanol–water partition coefficient (Wildman–Crippen LogP) is 3.08. The molecule has 1 heterocycles. The van der Waals surface area contributed by atoms with Crippen molar-refractivity contribution in [3.63, 3.8) is 0 Å². The van der Waals surface area contributed by atoms with Crippen LogP contribution < -0.4 is 0 Å². The second-order valence-corrected chi connectivity index (χ2v) is 8.15. The first-order valence-electron chi connectivity index (χ1n) is 8.36. The maximum absolute atomic E-state index is 12.9. The molecule has 0 amide bonds. The molecule has 0 aliphatic rings. The molecule has 0 radical (unpaired) electrons. The largest absolute Gasteiger partial charge is 0.327 e. The number of aromatic nitrogens is 2. The monoisotopic (exact) mass is 371 g/mol.